The van der Waals surface area contributed by atoms with Crippen molar-refractivity contribution in [3.05, 3.63) is 45.3 Å². The molecule has 0 aliphatic carbocycles. The normalized spacial score (nSPS) is 10.1. The van der Waals surface area contributed by atoms with Gasteiger partial charge in [0, 0.05) is 12.3 Å². The Hall–Kier alpha value is -4.07. The maximum absolute atomic E-state index is 11.9. The Balaban J connectivity index is 2.88. The molecule has 0 saturated heterocycles. The quantitative estimate of drug-likeness (QED) is 0.413. The fourth-order valence-corrected chi connectivity index (χ4v) is 2.16. The molecular formula is C14H10N4O7. The summed E-state index contributed by atoms with van der Waals surface area (Å²) in [5.41, 5.74) is 3.23. The number of esters is 1. The molecule has 1 heterocycles. The molecule has 0 saturated carbocycles. The lowest BCUT2D eigenvalue weighted by atomic mass is 10.1. The van der Waals surface area contributed by atoms with Crippen molar-refractivity contribution < 1.29 is 29.5 Å². The van der Waals surface area contributed by atoms with Crippen molar-refractivity contribution in [2.45, 2.75) is 0 Å². The van der Waals surface area contributed by atoms with Gasteiger partial charge in [0.2, 0.25) is 5.75 Å². The summed E-state index contributed by atoms with van der Waals surface area (Å²) in [6, 6.07) is 3.48. The molecule has 0 amide bonds. The van der Waals surface area contributed by atoms with E-state index < -0.39 is 33.9 Å². The number of aromatic nitrogens is 1. The van der Waals surface area contributed by atoms with Gasteiger partial charge in [0.15, 0.2) is 5.69 Å². The molecule has 4 N–H and O–H groups in total. The van der Waals surface area contributed by atoms with Crippen LogP contribution in [-0.2, 0) is 4.74 Å². The predicted molar refractivity (Wildman–Crippen MR) is 81.5 cm³/mol. The summed E-state index contributed by atoms with van der Waals surface area (Å²) in [5, 5.41) is 39.0. The zero-order chi connectivity index (χ0) is 18.9. The molecular weight excluding hydrogens is 336 g/mol. The van der Waals surface area contributed by atoms with Crippen molar-refractivity contribution in [1.29, 1.82) is 5.26 Å². The van der Waals surface area contributed by atoms with Crippen LogP contribution in [0.5, 0.6) is 5.75 Å². The summed E-state index contributed by atoms with van der Waals surface area (Å²) < 4.78 is 5.55. The monoisotopic (exact) mass is 346 g/mol. The first-order chi connectivity index (χ1) is 11.7. The number of phenols is 1. The minimum Gasteiger partial charge on any atom is -0.501 e. The van der Waals surface area contributed by atoms with Crippen LogP contribution in [0.4, 0.5) is 11.4 Å². The summed E-state index contributed by atoms with van der Waals surface area (Å²) in [6.07, 6.45) is 1.10. The van der Waals surface area contributed by atoms with Crippen LogP contribution in [0.2, 0.25) is 0 Å². The van der Waals surface area contributed by atoms with Crippen LogP contribution in [-0.4, -0.2) is 38.8 Å². The maximum atomic E-state index is 11.9. The van der Waals surface area contributed by atoms with Gasteiger partial charge >= 0.3 is 17.6 Å². The lowest BCUT2D eigenvalue weighted by Gasteiger charge is -2.10. The van der Waals surface area contributed by atoms with Crippen LogP contribution in [0, 0.1) is 21.4 Å². The van der Waals surface area contributed by atoms with Gasteiger partial charge in [-0.2, -0.15) is 5.26 Å². The number of ether oxygens (including phenoxy) is 1. The Morgan fingerprint density at radius 3 is 2.56 bits per heavy atom. The number of nitrogen functional groups attached to an aromatic ring is 1. The molecule has 128 valence electrons. The number of carboxylic acid groups (broad SMARTS) is 1. The van der Waals surface area contributed by atoms with Gasteiger partial charge in [-0.3, -0.25) is 10.1 Å². The van der Waals surface area contributed by atoms with Crippen LogP contribution in [0.15, 0.2) is 18.3 Å². The molecule has 0 aliphatic heterocycles. The van der Waals surface area contributed by atoms with Crippen LogP contribution < -0.4 is 5.73 Å². The summed E-state index contributed by atoms with van der Waals surface area (Å²) >= 11 is 0. The highest BCUT2D eigenvalue weighted by Crippen LogP contribution is 2.34. The van der Waals surface area contributed by atoms with E-state index >= 15 is 0 Å². The molecule has 0 aliphatic rings. The Labute approximate surface area is 139 Å². The number of nitrogens with two attached hydrogens (primary N) is 1. The van der Waals surface area contributed by atoms with E-state index in [1.807, 2.05) is 0 Å². The summed E-state index contributed by atoms with van der Waals surface area (Å²) in [6.45, 7) is 0. The van der Waals surface area contributed by atoms with Crippen molar-refractivity contribution in [3.63, 3.8) is 0 Å². The number of nitrogens with zero attached hydrogens (tertiary/aromatic N) is 3. The number of carboxylic acids is 1. The average molecular weight is 346 g/mol. The highest BCUT2D eigenvalue weighted by atomic mass is 16.6. The molecule has 0 unspecified atom stereocenters. The van der Waals surface area contributed by atoms with Crippen molar-refractivity contribution in [1.82, 2.24) is 4.57 Å². The van der Waals surface area contributed by atoms with Crippen molar-refractivity contribution in [3.8, 4) is 17.5 Å². The van der Waals surface area contributed by atoms with Gasteiger partial charge in [0.05, 0.1) is 29.0 Å². The van der Waals surface area contributed by atoms with Gasteiger partial charge in [-0.25, -0.2) is 9.59 Å². The highest BCUT2D eigenvalue weighted by Gasteiger charge is 2.27. The zero-order valence-corrected chi connectivity index (χ0v) is 12.6. The number of methoxy groups -OCH3 is 1. The number of carbonyl (C=O) groups is 2. The van der Waals surface area contributed by atoms with Crippen LogP contribution in [0.3, 0.4) is 0 Å². The first kappa shape index (κ1) is 17.3. The predicted octanol–water partition coefficient (Wildman–Crippen LogP) is 1.03. The minimum atomic E-state index is -1.62. The Bertz CT molecular complexity index is 920. The summed E-state index contributed by atoms with van der Waals surface area (Å²) in [4.78, 5) is 33.2. The number of benzene rings is 1. The molecule has 25 heavy (non-hydrogen) atoms. The molecule has 1 aromatic heterocycles. The van der Waals surface area contributed by atoms with E-state index in [9.17, 15) is 24.8 Å². The number of aromatic carboxylic acids is 1. The lowest BCUT2D eigenvalue weighted by molar-refractivity contribution is -0.385. The van der Waals surface area contributed by atoms with Gasteiger partial charge in [-0.15, -0.1) is 0 Å². The number of aromatic hydroxyl groups is 1. The van der Waals surface area contributed by atoms with E-state index in [-0.39, 0.29) is 22.6 Å². The van der Waals surface area contributed by atoms with E-state index in [2.05, 4.69) is 4.74 Å². The first-order valence-corrected chi connectivity index (χ1v) is 6.47. The number of nitriles is 1. The van der Waals surface area contributed by atoms with Gasteiger partial charge in [0.1, 0.15) is 11.6 Å². The Morgan fingerprint density at radius 2 is 2.08 bits per heavy atom. The molecule has 0 spiro atoms. The van der Waals surface area contributed by atoms with Crippen molar-refractivity contribution in [2.75, 3.05) is 12.8 Å². The third-order valence-electron chi connectivity index (χ3n) is 3.32. The Kier molecular flexibility index (Phi) is 4.29. The largest absolute Gasteiger partial charge is 0.501 e. The molecule has 11 nitrogen and oxygen atoms in total. The maximum Gasteiger partial charge on any atom is 0.357 e. The molecule has 0 atom stereocenters. The van der Waals surface area contributed by atoms with Crippen molar-refractivity contribution in [2.24, 2.45) is 0 Å². The minimum absolute atomic E-state index is 0.118. The second kappa shape index (κ2) is 6.20. The van der Waals surface area contributed by atoms with Crippen LogP contribution in [0.1, 0.15) is 26.4 Å². The molecule has 11 heteroatoms. The summed E-state index contributed by atoms with van der Waals surface area (Å²) in [7, 11) is 1.06. The first-order valence-electron chi connectivity index (χ1n) is 6.47. The number of hydrogen-bond donors (Lipinski definition) is 3. The van der Waals surface area contributed by atoms with E-state index in [1.54, 1.807) is 6.07 Å². The number of nitro benzene ring substituents is 1. The number of carbonyl (C=O) groups excluding carboxylic acids is 1. The Morgan fingerprint density at radius 1 is 1.44 bits per heavy atom. The molecule has 1 aromatic carbocycles. The topological polar surface area (TPSA) is 182 Å². The number of nitro groups is 1. The zero-order valence-electron chi connectivity index (χ0n) is 12.6. The fourth-order valence-electron chi connectivity index (χ4n) is 2.16. The second-order valence-corrected chi connectivity index (χ2v) is 4.70. The van der Waals surface area contributed by atoms with E-state index in [4.69, 9.17) is 16.1 Å². The SMILES string of the molecule is COC(=O)c1c(N)c(C#N)cn1-c1cc(C(=O)O)c(O)c([N+](=O)[O-])c1. The molecule has 2 aromatic rings. The van der Waals surface area contributed by atoms with Crippen LogP contribution >= 0.6 is 0 Å². The third kappa shape index (κ3) is 2.79. The number of rotatable bonds is 4. The smallest absolute Gasteiger partial charge is 0.357 e. The van der Waals surface area contributed by atoms with E-state index in [0.717, 1.165) is 30.0 Å². The van der Waals surface area contributed by atoms with E-state index in [1.165, 1.54) is 0 Å². The molecule has 0 bridgehead atoms. The number of hydrogen-bond acceptors (Lipinski definition) is 8. The van der Waals surface area contributed by atoms with Gasteiger partial charge in [0.25, 0.3) is 0 Å². The fraction of sp³-hybridized carbons (Fsp3) is 0.0714. The summed E-state index contributed by atoms with van der Waals surface area (Å²) in [5.74, 6) is -3.60. The van der Waals surface area contributed by atoms with E-state index in [0.29, 0.717) is 0 Å². The third-order valence-corrected chi connectivity index (χ3v) is 3.32. The molecule has 0 fully saturated rings. The average Bonchev–Trinajstić information content (AvgIpc) is 2.90. The van der Waals surface area contributed by atoms with Gasteiger partial charge in [-0.05, 0) is 6.07 Å². The number of anilines is 1. The van der Waals surface area contributed by atoms with Crippen molar-refractivity contribution >= 4 is 23.3 Å². The molecule has 0 radical (unpaired) electrons. The van der Waals surface area contributed by atoms with Gasteiger partial charge in [-0.1, -0.05) is 0 Å². The van der Waals surface area contributed by atoms with Gasteiger partial charge < -0.3 is 25.3 Å². The lowest BCUT2D eigenvalue weighted by Crippen LogP contribution is -2.12. The highest BCUT2D eigenvalue weighted by molar-refractivity contribution is 5.97. The second-order valence-electron chi connectivity index (χ2n) is 4.70. The molecule has 2 rings (SSSR count). The van der Waals surface area contributed by atoms with Crippen LogP contribution in [0.25, 0.3) is 5.69 Å². The standard InChI is InChI=1S/C14H10N4O7/c1-25-14(22)11-10(16)6(4-15)5-17(11)7-2-8(13(20)21)12(19)9(3-7)18(23)24/h2-3,5,19H,16H2,1H3,(H,20,21).